The highest BCUT2D eigenvalue weighted by Crippen LogP contribution is 2.40. The smallest absolute Gasteiger partial charge is 0.246 e. The van der Waals surface area contributed by atoms with Crippen LogP contribution < -0.4 is 9.47 Å². The third-order valence-electron chi connectivity index (χ3n) is 5.98. The molecule has 4 rings (SSSR count). The summed E-state index contributed by atoms with van der Waals surface area (Å²) < 4.78 is 17.0. The van der Waals surface area contributed by atoms with Gasteiger partial charge in [0.05, 0.1) is 20.5 Å². The number of para-hydroxylation sites is 1. The van der Waals surface area contributed by atoms with Crippen LogP contribution in [0, 0.1) is 0 Å². The first-order chi connectivity index (χ1) is 15.1. The van der Waals surface area contributed by atoms with E-state index in [9.17, 15) is 4.79 Å². The normalized spacial score (nSPS) is 15.1. The Labute approximate surface area is 183 Å². The third kappa shape index (κ3) is 4.31. The lowest BCUT2D eigenvalue weighted by Gasteiger charge is -2.19. The fourth-order valence-electron chi connectivity index (χ4n) is 4.25. The van der Waals surface area contributed by atoms with Crippen LogP contribution in [0.4, 0.5) is 0 Å². The van der Waals surface area contributed by atoms with E-state index in [0.29, 0.717) is 5.75 Å². The van der Waals surface area contributed by atoms with Gasteiger partial charge in [-0.15, -0.1) is 0 Å². The average Bonchev–Trinajstić information content (AvgIpc) is 3.00. The Bertz CT molecular complexity index is 1100. The van der Waals surface area contributed by atoms with Gasteiger partial charge in [0.1, 0.15) is 17.1 Å². The number of fused-ring (bicyclic) bond motifs is 1. The molecule has 0 spiro atoms. The van der Waals surface area contributed by atoms with Gasteiger partial charge in [0.25, 0.3) is 0 Å². The molecule has 1 fully saturated rings. The highest BCUT2D eigenvalue weighted by atomic mass is 16.5. The second-order valence-corrected chi connectivity index (χ2v) is 7.97. The van der Waals surface area contributed by atoms with Gasteiger partial charge in [-0.25, -0.2) is 0 Å². The number of rotatable bonds is 5. The van der Waals surface area contributed by atoms with Crippen LogP contribution in [0.15, 0.2) is 53.2 Å². The van der Waals surface area contributed by atoms with Crippen LogP contribution in [-0.2, 0) is 4.79 Å². The minimum absolute atomic E-state index is 0.0682. The predicted molar refractivity (Wildman–Crippen MR) is 123 cm³/mol. The van der Waals surface area contributed by atoms with E-state index in [1.165, 1.54) is 12.8 Å². The number of likely N-dealkylation sites (tertiary alicyclic amines) is 1. The zero-order valence-corrected chi connectivity index (χ0v) is 18.4. The zero-order chi connectivity index (χ0) is 21.8. The molecule has 0 atom stereocenters. The van der Waals surface area contributed by atoms with Crippen LogP contribution in [0.1, 0.15) is 38.2 Å². The highest BCUT2D eigenvalue weighted by Gasteiger charge is 2.18. The molecular formula is C26H29NO4. The van der Waals surface area contributed by atoms with E-state index in [4.69, 9.17) is 13.9 Å². The van der Waals surface area contributed by atoms with Crippen LogP contribution >= 0.6 is 0 Å². The van der Waals surface area contributed by atoms with Crippen molar-refractivity contribution in [2.24, 2.45) is 0 Å². The second kappa shape index (κ2) is 9.29. The molecule has 0 radical (unpaired) electrons. The van der Waals surface area contributed by atoms with Crippen molar-refractivity contribution in [2.45, 2.75) is 32.6 Å². The molecule has 2 heterocycles. The molecule has 2 aromatic carbocycles. The van der Waals surface area contributed by atoms with Crippen molar-refractivity contribution in [3.8, 4) is 22.6 Å². The first-order valence-corrected chi connectivity index (χ1v) is 10.8. The van der Waals surface area contributed by atoms with Gasteiger partial charge in [0.2, 0.25) is 5.91 Å². The van der Waals surface area contributed by atoms with Gasteiger partial charge >= 0.3 is 0 Å². The monoisotopic (exact) mass is 419 g/mol. The van der Waals surface area contributed by atoms with E-state index < -0.39 is 0 Å². The lowest BCUT2D eigenvalue weighted by atomic mass is 9.98. The second-order valence-electron chi connectivity index (χ2n) is 7.97. The van der Waals surface area contributed by atoms with Crippen LogP contribution in [0.5, 0.6) is 11.5 Å². The summed E-state index contributed by atoms with van der Waals surface area (Å²) in [6, 6.07) is 11.8. The summed E-state index contributed by atoms with van der Waals surface area (Å²) in [6.45, 7) is 3.62. The van der Waals surface area contributed by atoms with Gasteiger partial charge in [-0.3, -0.25) is 4.79 Å². The number of furan rings is 1. The first-order valence-electron chi connectivity index (χ1n) is 10.8. The van der Waals surface area contributed by atoms with E-state index in [1.807, 2.05) is 48.2 Å². The molecule has 162 valence electrons. The maximum atomic E-state index is 12.9. The summed E-state index contributed by atoms with van der Waals surface area (Å²) in [5, 5.41) is 0.954. The minimum Gasteiger partial charge on any atom is -0.496 e. The molecule has 5 heteroatoms. The lowest BCUT2D eigenvalue weighted by molar-refractivity contribution is -0.125. The molecule has 0 unspecified atom stereocenters. The number of amides is 1. The lowest BCUT2D eigenvalue weighted by Crippen LogP contribution is -2.30. The Balaban J connectivity index is 1.75. The number of hydrogen-bond acceptors (Lipinski definition) is 4. The Hall–Kier alpha value is -3.21. The maximum absolute atomic E-state index is 12.9. The predicted octanol–water partition coefficient (Wildman–Crippen LogP) is 5.92. The van der Waals surface area contributed by atoms with Gasteiger partial charge in [0, 0.05) is 47.3 Å². The number of carbonyl (C=O) groups is 1. The van der Waals surface area contributed by atoms with Crippen LogP contribution in [0.25, 0.3) is 27.7 Å². The maximum Gasteiger partial charge on any atom is 0.246 e. The standard InChI is InChI=1S/C26H29NO4/c1-18(14-26(28)27-12-8-4-5-9-13-27)20-15-21-22(17-31-25(21)16-24(20)30-3)19-10-6-7-11-23(19)29-2/h6-7,10-11,14-17H,4-5,8-9,12-13H2,1-3H3/b18-14+. The summed E-state index contributed by atoms with van der Waals surface area (Å²) in [6.07, 6.45) is 8.02. The number of hydrogen-bond donors (Lipinski definition) is 0. The van der Waals surface area contributed by atoms with Crippen molar-refractivity contribution in [3.63, 3.8) is 0 Å². The van der Waals surface area contributed by atoms with E-state index in [2.05, 4.69) is 0 Å². The quantitative estimate of drug-likeness (QED) is 0.482. The first kappa shape index (κ1) is 21.0. The molecule has 0 aliphatic carbocycles. The van der Waals surface area contributed by atoms with Crippen LogP contribution in [-0.4, -0.2) is 38.1 Å². The van der Waals surface area contributed by atoms with Gasteiger partial charge in [-0.05, 0) is 37.5 Å². The zero-order valence-electron chi connectivity index (χ0n) is 18.4. The highest BCUT2D eigenvalue weighted by molar-refractivity contribution is 6.01. The molecule has 1 aliphatic rings. The van der Waals surface area contributed by atoms with Crippen LogP contribution in [0.3, 0.4) is 0 Å². The van der Waals surface area contributed by atoms with E-state index in [1.54, 1.807) is 26.6 Å². The largest absolute Gasteiger partial charge is 0.496 e. The number of methoxy groups -OCH3 is 2. The fraction of sp³-hybridized carbons (Fsp3) is 0.346. The number of benzene rings is 2. The molecule has 1 aromatic heterocycles. The Morgan fingerprint density at radius 1 is 0.968 bits per heavy atom. The number of ether oxygens (including phenoxy) is 2. The Kier molecular flexibility index (Phi) is 6.31. The fourth-order valence-corrected chi connectivity index (χ4v) is 4.25. The Morgan fingerprint density at radius 3 is 2.39 bits per heavy atom. The van der Waals surface area contributed by atoms with Crippen molar-refractivity contribution >= 4 is 22.4 Å². The summed E-state index contributed by atoms with van der Waals surface area (Å²) in [5.74, 6) is 1.54. The summed E-state index contributed by atoms with van der Waals surface area (Å²) in [7, 11) is 3.30. The summed E-state index contributed by atoms with van der Waals surface area (Å²) in [5.41, 5.74) is 4.40. The molecule has 31 heavy (non-hydrogen) atoms. The van der Waals surface area contributed by atoms with Crippen molar-refractivity contribution in [2.75, 3.05) is 27.3 Å². The molecule has 0 bridgehead atoms. The van der Waals surface area contributed by atoms with Crippen molar-refractivity contribution < 1.29 is 18.7 Å². The molecule has 1 saturated heterocycles. The average molecular weight is 420 g/mol. The molecule has 0 saturated carbocycles. The molecular weight excluding hydrogens is 390 g/mol. The van der Waals surface area contributed by atoms with E-state index in [0.717, 1.165) is 64.9 Å². The van der Waals surface area contributed by atoms with Crippen LogP contribution in [0.2, 0.25) is 0 Å². The van der Waals surface area contributed by atoms with Gasteiger partial charge in [-0.2, -0.15) is 0 Å². The van der Waals surface area contributed by atoms with Crippen molar-refractivity contribution in [3.05, 3.63) is 54.3 Å². The topological polar surface area (TPSA) is 51.9 Å². The minimum atomic E-state index is 0.0682. The van der Waals surface area contributed by atoms with E-state index in [-0.39, 0.29) is 5.91 Å². The van der Waals surface area contributed by atoms with Gasteiger partial charge in [-0.1, -0.05) is 31.0 Å². The number of nitrogens with zero attached hydrogens (tertiary/aromatic N) is 1. The molecule has 5 nitrogen and oxygen atoms in total. The number of carbonyl (C=O) groups excluding carboxylic acids is 1. The van der Waals surface area contributed by atoms with E-state index >= 15 is 0 Å². The number of allylic oxidation sites excluding steroid dienone is 1. The SMILES string of the molecule is COc1cc2occ(-c3ccccc3OC)c2cc1/C(C)=C/C(=O)N1CCCCCC1. The van der Waals surface area contributed by atoms with Crippen molar-refractivity contribution in [1.29, 1.82) is 0 Å². The van der Waals surface area contributed by atoms with Gasteiger partial charge < -0.3 is 18.8 Å². The molecule has 1 aliphatic heterocycles. The summed E-state index contributed by atoms with van der Waals surface area (Å²) in [4.78, 5) is 14.9. The Morgan fingerprint density at radius 2 is 1.68 bits per heavy atom. The third-order valence-corrected chi connectivity index (χ3v) is 5.98. The molecule has 1 amide bonds. The molecule has 0 N–H and O–H groups in total. The summed E-state index contributed by atoms with van der Waals surface area (Å²) >= 11 is 0. The van der Waals surface area contributed by atoms with Crippen molar-refractivity contribution in [1.82, 2.24) is 4.90 Å². The molecule has 3 aromatic rings. The van der Waals surface area contributed by atoms with Gasteiger partial charge in [0.15, 0.2) is 0 Å².